The van der Waals surface area contributed by atoms with Gasteiger partial charge in [-0.25, -0.2) is 17.5 Å². The summed E-state index contributed by atoms with van der Waals surface area (Å²) in [7, 11) is -3.68. The van der Waals surface area contributed by atoms with Crippen molar-refractivity contribution in [1.82, 2.24) is 4.72 Å². The van der Waals surface area contributed by atoms with Crippen LogP contribution in [0.2, 0.25) is 0 Å². The Kier molecular flexibility index (Phi) is 16.6. The average molecular weight is 645 g/mol. The standard InChI is InChI=1S/C30H46FN3O4S.BrH/c1-5-9-11-12-13-23-38-29-24-25(31)14-19-28(29)30(35)33-26-15-17-27(18-16-26)39(36,37)32-20-22-34(7-3,8-4)21-10-6-2;/h14-19,24,32H,5-13,20-23H2,1-4H3;1H. The van der Waals surface area contributed by atoms with Crippen LogP contribution < -0.4 is 31.8 Å². The molecule has 7 nitrogen and oxygen atoms in total. The summed E-state index contributed by atoms with van der Waals surface area (Å²) in [6.45, 7) is 13.1. The van der Waals surface area contributed by atoms with E-state index in [4.69, 9.17) is 4.74 Å². The molecule has 0 heterocycles. The van der Waals surface area contributed by atoms with Crippen LogP contribution in [-0.2, 0) is 10.0 Å². The maximum atomic E-state index is 13.8. The molecule has 0 fully saturated rings. The molecule has 226 valence electrons. The number of halogens is 2. The number of nitrogens with one attached hydrogen (secondary N) is 2. The van der Waals surface area contributed by atoms with Gasteiger partial charge < -0.3 is 31.5 Å². The van der Waals surface area contributed by atoms with Gasteiger partial charge in [0, 0.05) is 11.8 Å². The third-order valence-electron chi connectivity index (χ3n) is 7.32. The minimum absolute atomic E-state index is 0. The van der Waals surface area contributed by atoms with Gasteiger partial charge in [0.05, 0.1) is 49.8 Å². The molecule has 0 spiro atoms. The Balaban J connectivity index is 0.00000800. The van der Waals surface area contributed by atoms with Crippen LogP contribution in [0.3, 0.4) is 0 Å². The van der Waals surface area contributed by atoms with Crippen molar-refractivity contribution in [2.24, 2.45) is 0 Å². The van der Waals surface area contributed by atoms with Gasteiger partial charge >= 0.3 is 0 Å². The number of hydrogen-bond donors (Lipinski definition) is 2. The summed E-state index contributed by atoms with van der Waals surface area (Å²) in [6, 6.07) is 9.86. The summed E-state index contributed by atoms with van der Waals surface area (Å²) in [6.07, 6.45) is 7.52. The van der Waals surface area contributed by atoms with Crippen molar-refractivity contribution in [2.45, 2.75) is 77.5 Å². The second-order valence-electron chi connectivity index (χ2n) is 10.1. The number of carbonyl (C=O) groups is 1. The van der Waals surface area contributed by atoms with Crippen LogP contribution >= 0.6 is 0 Å². The van der Waals surface area contributed by atoms with Gasteiger partial charge in [-0.05, 0) is 63.1 Å². The lowest BCUT2D eigenvalue weighted by atomic mass is 10.1. The van der Waals surface area contributed by atoms with Gasteiger partial charge in [0.1, 0.15) is 11.6 Å². The molecule has 0 aliphatic rings. The normalized spacial score (nSPS) is 11.6. The molecule has 0 unspecified atom stereocenters. The van der Waals surface area contributed by atoms with Crippen LogP contribution in [0.15, 0.2) is 47.4 Å². The number of likely N-dealkylation sites (N-methyl/N-ethyl adjacent to an activating group) is 1. The monoisotopic (exact) mass is 643 g/mol. The molecule has 0 radical (unpaired) electrons. The quantitative estimate of drug-likeness (QED) is 0.182. The first-order chi connectivity index (χ1) is 18.7. The summed E-state index contributed by atoms with van der Waals surface area (Å²) in [5.74, 6) is -0.738. The zero-order valence-corrected chi connectivity index (χ0v) is 26.9. The minimum atomic E-state index is -3.68. The third-order valence-corrected chi connectivity index (χ3v) is 8.80. The van der Waals surface area contributed by atoms with Gasteiger partial charge in [0.25, 0.3) is 5.91 Å². The maximum Gasteiger partial charge on any atom is 0.259 e. The highest BCUT2D eigenvalue weighted by molar-refractivity contribution is 7.89. The lowest BCUT2D eigenvalue weighted by Gasteiger charge is -2.37. The highest BCUT2D eigenvalue weighted by atomic mass is 79.9. The lowest BCUT2D eigenvalue weighted by Crippen LogP contribution is -3.00. The van der Waals surface area contributed by atoms with E-state index in [-0.39, 0.29) is 33.2 Å². The molecule has 0 bridgehead atoms. The van der Waals surface area contributed by atoms with Crippen LogP contribution in [-0.4, -0.2) is 58.1 Å². The Morgan fingerprint density at radius 1 is 0.875 bits per heavy atom. The molecule has 0 aliphatic heterocycles. The number of ether oxygens (including phenoxy) is 1. The zero-order valence-electron chi connectivity index (χ0n) is 24.5. The minimum Gasteiger partial charge on any atom is -1.00 e. The number of hydrogen-bond acceptors (Lipinski definition) is 4. The molecule has 40 heavy (non-hydrogen) atoms. The van der Waals surface area contributed by atoms with E-state index in [0.29, 0.717) is 18.8 Å². The molecule has 2 rings (SSSR count). The van der Waals surface area contributed by atoms with Gasteiger partial charge in [-0.1, -0.05) is 46.0 Å². The van der Waals surface area contributed by atoms with Crippen LogP contribution in [0.5, 0.6) is 5.75 Å². The first kappa shape index (κ1) is 36.0. The van der Waals surface area contributed by atoms with E-state index in [1.54, 1.807) is 12.1 Å². The Morgan fingerprint density at radius 2 is 1.52 bits per heavy atom. The zero-order chi connectivity index (χ0) is 28.7. The third kappa shape index (κ3) is 11.5. The smallest absolute Gasteiger partial charge is 0.259 e. The van der Waals surface area contributed by atoms with Crippen LogP contribution in [0, 0.1) is 5.82 Å². The summed E-state index contributed by atoms with van der Waals surface area (Å²) in [5.41, 5.74) is 0.654. The number of nitrogens with zero attached hydrogens (tertiary/aromatic N) is 1. The van der Waals surface area contributed by atoms with Crippen molar-refractivity contribution in [3.05, 3.63) is 53.8 Å². The molecule has 0 aromatic heterocycles. The topological polar surface area (TPSA) is 84.5 Å². The largest absolute Gasteiger partial charge is 1.00 e. The lowest BCUT2D eigenvalue weighted by molar-refractivity contribution is -0.923. The molecule has 0 aliphatic carbocycles. The molecular formula is C30H47BrFN3O4S. The summed E-state index contributed by atoms with van der Waals surface area (Å²) in [5, 5.41) is 2.75. The Bertz CT molecular complexity index is 1130. The van der Waals surface area contributed by atoms with E-state index in [1.807, 2.05) is 0 Å². The molecule has 2 N–H and O–H groups in total. The SMILES string of the molecule is CCCCCCCOc1cc(F)ccc1C(=O)Nc1ccc(S(=O)(=O)NCC[N+](CC)(CC)CCCC)cc1.[Br-]. The van der Waals surface area contributed by atoms with Gasteiger partial charge in [-0.15, -0.1) is 0 Å². The Hall–Kier alpha value is -2.01. The molecule has 10 heteroatoms. The van der Waals surface area contributed by atoms with Crippen molar-refractivity contribution < 1.29 is 43.8 Å². The molecule has 0 atom stereocenters. The van der Waals surface area contributed by atoms with E-state index in [9.17, 15) is 17.6 Å². The Labute approximate surface area is 251 Å². The van der Waals surface area contributed by atoms with E-state index < -0.39 is 21.7 Å². The Morgan fingerprint density at radius 3 is 2.15 bits per heavy atom. The van der Waals surface area contributed by atoms with E-state index in [1.165, 1.54) is 36.8 Å². The fourth-order valence-corrected chi connectivity index (χ4v) is 5.59. The van der Waals surface area contributed by atoms with Crippen LogP contribution in [0.4, 0.5) is 10.1 Å². The van der Waals surface area contributed by atoms with Gasteiger partial charge in [0.2, 0.25) is 10.0 Å². The fraction of sp³-hybridized carbons (Fsp3) is 0.567. The maximum absolute atomic E-state index is 13.8. The van der Waals surface area contributed by atoms with E-state index in [2.05, 4.69) is 37.7 Å². The second-order valence-corrected chi connectivity index (χ2v) is 11.8. The van der Waals surface area contributed by atoms with Crippen molar-refractivity contribution in [3.63, 3.8) is 0 Å². The fourth-order valence-electron chi connectivity index (χ4n) is 4.57. The number of sulfonamides is 1. The van der Waals surface area contributed by atoms with Crippen molar-refractivity contribution in [3.8, 4) is 5.75 Å². The summed E-state index contributed by atoms with van der Waals surface area (Å²) < 4.78 is 48.9. The van der Waals surface area contributed by atoms with Gasteiger partial charge in [0.15, 0.2) is 0 Å². The first-order valence-corrected chi connectivity index (χ1v) is 15.9. The molecule has 0 saturated carbocycles. The van der Waals surface area contributed by atoms with E-state index >= 15 is 0 Å². The molecule has 1 amide bonds. The number of unbranched alkanes of at least 4 members (excludes halogenated alkanes) is 5. The van der Waals surface area contributed by atoms with Gasteiger partial charge in [-0.3, -0.25) is 4.79 Å². The number of amides is 1. The number of carbonyl (C=O) groups excluding carboxylic acids is 1. The molecule has 2 aromatic carbocycles. The van der Waals surface area contributed by atoms with Crippen LogP contribution in [0.25, 0.3) is 0 Å². The molecular weight excluding hydrogens is 597 g/mol. The number of benzene rings is 2. The first-order valence-electron chi connectivity index (χ1n) is 14.4. The summed E-state index contributed by atoms with van der Waals surface area (Å²) in [4.78, 5) is 13.1. The summed E-state index contributed by atoms with van der Waals surface area (Å²) >= 11 is 0. The molecule has 0 saturated heterocycles. The van der Waals surface area contributed by atoms with Crippen LogP contribution in [0.1, 0.15) is 83.0 Å². The highest BCUT2D eigenvalue weighted by Gasteiger charge is 2.24. The number of rotatable bonds is 19. The number of quaternary nitrogens is 1. The second kappa shape index (κ2) is 18.4. The average Bonchev–Trinajstić information content (AvgIpc) is 2.93. The predicted octanol–water partition coefficient (Wildman–Crippen LogP) is 3.37. The van der Waals surface area contributed by atoms with Gasteiger partial charge in [-0.2, -0.15) is 0 Å². The van der Waals surface area contributed by atoms with E-state index in [0.717, 1.165) is 69.2 Å². The predicted molar refractivity (Wildman–Crippen MR) is 156 cm³/mol. The van der Waals surface area contributed by atoms with Crippen molar-refractivity contribution in [1.29, 1.82) is 0 Å². The molecule has 2 aromatic rings. The number of anilines is 1. The van der Waals surface area contributed by atoms with Crippen molar-refractivity contribution >= 4 is 21.6 Å². The van der Waals surface area contributed by atoms with Crippen molar-refractivity contribution in [2.75, 3.05) is 44.6 Å². The highest BCUT2D eigenvalue weighted by Crippen LogP contribution is 2.23.